The molecule has 2 heterocycles. The van der Waals surface area contributed by atoms with Gasteiger partial charge in [0.1, 0.15) is 5.15 Å². The first kappa shape index (κ1) is 10.2. The van der Waals surface area contributed by atoms with Gasteiger partial charge in [-0.2, -0.15) is 0 Å². The number of nitrogens with zero attached hydrogens (tertiary/aromatic N) is 2. The second kappa shape index (κ2) is 4.07. The molecular formula is C10H15ClN2S. The Morgan fingerprint density at radius 2 is 2.36 bits per heavy atom. The van der Waals surface area contributed by atoms with E-state index in [1.165, 1.54) is 12.8 Å². The van der Waals surface area contributed by atoms with Crippen LogP contribution in [0.15, 0.2) is 5.38 Å². The van der Waals surface area contributed by atoms with Crippen LogP contribution < -0.4 is 4.90 Å². The van der Waals surface area contributed by atoms with E-state index in [0.29, 0.717) is 11.2 Å². The van der Waals surface area contributed by atoms with Gasteiger partial charge in [-0.25, -0.2) is 4.98 Å². The highest BCUT2D eigenvalue weighted by atomic mass is 35.5. The molecule has 0 N–H and O–H groups in total. The van der Waals surface area contributed by atoms with E-state index < -0.39 is 0 Å². The molecule has 2 nitrogen and oxygen atoms in total. The van der Waals surface area contributed by atoms with Crippen molar-refractivity contribution in [3.05, 3.63) is 10.5 Å². The predicted molar refractivity (Wildman–Crippen MR) is 62.3 cm³/mol. The Hall–Kier alpha value is -0.280. The van der Waals surface area contributed by atoms with E-state index >= 15 is 0 Å². The molecule has 0 aliphatic carbocycles. The summed E-state index contributed by atoms with van der Waals surface area (Å²) >= 11 is 7.47. The summed E-state index contributed by atoms with van der Waals surface area (Å²) < 4.78 is 0. The molecule has 2 atom stereocenters. The van der Waals surface area contributed by atoms with Crippen LogP contribution in [0.25, 0.3) is 0 Å². The van der Waals surface area contributed by atoms with Gasteiger partial charge in [0.15, 0.2) is 5.13 Å². The van der Waals surface area contributed by atoms with E-state index in [9.17, 15) is 0 Å². The van der Waals surface area contributed by atoms with Crippen molar-refractivity contribution in [1.82, 2.24) is 4.98 Å². The summed E-state index contributed by atoms with van der Waals surface area (Å²) in [5.41, 5.74) is 0. The fraction of sp³-hybridized carbons (Fsp3) is 0.700. The number of hydrogen-bond donors (Lipinski definition) is 0. The van der Waals surface area contributed by atoms with E-state index in [2.05, 4.69) is 23.7 Å². The highest BCUT2D eigenvalue weighted by Gasteiger charge is 2.24. The van der Waals surface area contributed by atoms with Crippen molar-refractivity contribution in [3.8, 4) is 0 Å². The lowest BCUT2D eigenvalue weighted by Gasteiger charge is -2.36. The summed E-state index contributed by atoms with van der Waals surface area (Å²) in [7, 11) is 0. The van der Waals surface area contributed by atoms with Crippen molar-refractivity contribution in [2.45, 2.75) is 32.7 Å². The molecule has 0 amide bonds. The van der Waals surface area contributed by atoms with Crippen LogP contribution in [0.1, 0.15) is 26.7 Å². The zero-order chi connectivity index (χ0) is 10.1. The van der Waals surface area contributed by atoms with Crippen molar-refractivity contribution in [3.63, 3.8) is 0 Å². The molecule has 1 aromatic heterocycles. The van der Waals surface area contributed by atoms with Gasteiger partial charge < -0.3 is 4.90 Å². The van der Waals surface area contributed by atoms with Crippen molar-refractivity contribution >= 4 is 28.1 Å². The maximum atomic E-state index is 5.83. The minimum atomic E-state index is 0.598. The van der Waals surface area contributed by atoms with E-state index in [4.69, 9.17) is 11.6 Å². The molecule has 1 aromatic rings. The molecule has 0 radical (unpaired) electrons. The molecule has 2 rings (SSSR count). The van der Waals surface area contributed by atoms with Gasteiger partial charge in [0, 0.05) is 18.0 Å². The minimum Gasteiger partial charge on any atom is -0.345 e. The lowest BCUT2D eigenvalue weighted by molar-refractivity contribution is 0.377. The van der Waals surface area contributed by atoms with Crippen LogP contribution >= 0.6 is 22.9 Å². The van der Waals surface area contributed by atoms with Crippen LogP contribution in [-0.4, -0.2) is 17.6 Å². The summed E-state index contributed by atoms with van der Waals surface area (Å²) in [5, 5.41) is 3.60. The highest BCUT2D eigenvalue weighted by molar-refractivity contribution is 7.14. The highest BCUT2D eigenvalue weighted by Crippen LogP contribution is 2.30. The van der Waals surface area contributed by atoms with Crippen LogP contribution in [-0.2, 0) is 0 Å². The molecule has 0 aromatic carbocycles. The molecule has 1 fully saturated rings. The van der Waals surface area contributed by atoms with Crippen LogP contribution in [0.3, 0.4) is 0 Å². The maximum absolute atomic E-state index is 5.83. The first-order valence-corrected chi connectivity index (χ1v) is 6.30. The Bertz CT molecular complexity index is 313. The van der Waals surface area contributed by atoms with E-state index in [-0.39, 0.29) is 0 Å². The van der Waals surface area contributed by atoms with Gasteiger partial charge in [0.2, 0.25) is 0 Å². The molecule has 0 spiro atoms. The summed E-state index contributed by atoms with van der Waals surface area (Å²) in [5.74, 6) is 0.844. The van der Waals surface area contributed by atoms with Gasteiger partial charge in [-0.15, -0.1) is 11.3 Å². The number of halogens is 1. The summed E-state index contributed by atoms with van der Waals surface area (Å²) in [6, 6.07) is 0.598. The molecule has 78 valence electrons. The zero-order valence-corrected chi connectivity index (χ0v) is 10.1. The van der Waals surface area contributed by atoms with Crippen LogP contribution in [0.4, 0.5) is 5.13 Å². The lowest BCUT2D eigenvalue weighted by atomic mass is 9.94. The van der Waals surface area contributed by atoms with E-state index in [0.717, 1.165) is 17.6 Å². The Kier molecular flexibility index (Phi) is 2.98. The average Bonchev–Trinajstić information content (AvgIpc) is 2.51. The number of anilines is 1. The second-order valence-electron chi connectivity index (χ2n) is 4.12. The van der Waals surface area contributed by atoms with Crippen molar-refractivity contribution in [2.24, 2.45) is 5.92 Å². The first-order chi connectivity index (χ1) is 6.66. The first-order valence-electron chi connectivity index (χ1n) is 5.04. The van der Waals surface area contributed by atoms with E-state index in [1.807, 2.05) is 5.38 Å². The average molecular weight is 231 g/mol. The van der Waals surface area contributed by atoms with Crippen LogP contribution in [0, 0.1) is 5.92 Å². The fourth-order valence-electron chi connectivity index (χ4n) is 2.07. The molecule has 1 saturated heterocycles. The molecule has 14 heavy (non-hydrogen) atoms. The van der Waals surface area contributed by atoms with Crippen molar-refractivity contribution < 1.29 is 0 Å². The lowest BCUT2D eigenvalue weighted by Crippen LogP contribution is -2.40. The van der Waals surface area contributed by atoms with Crippen molar-refractivity contribution in [1.29, 1.82) is 0 Å². The summed E-state index contributed by atoms with van der Waals surface area (Å²) in [6.07, 6.45) is 2.53. The number of rotatable bonds is 1. The number of piperidine rings is 1. The monoisotopic (exact) mass is 230 g/mol. The van der Waals surface area contributed by atoms with Gasteiger partial charge in [-0.05, 0) is 25.7 Å². The quantitative estimate of drug-likeness (QED) is 0.735. The molecule has 2 unspecified atom stereocenters. The third kappa shape index (κ3) is 2.04. The standard InChI is InChI=1S/C10H15ClN2S/c1-7-3-4-13(8(2)5-7)10-12-9(11)6-14-10/h6-8H,3-5H2,1-2H3. The van der Waals surface area contributed by atoms with Gasteiger partial charge in [0.05, 0.1) is 0 Å². The molecule has 1 aliphatic rings. The summed E-state index contributed by atoms with van der Waals surface area (Å²) in [4.78, 5) is 6.69. The van der Waals surface area contributed by atoms with Gasteiger partial charge in [0.25, 0.3) is 0 Å². The topological polar surface area (TPSA) is 16.1 Å². The molecule has 0 bridgehead atoms. The molecular weight excluding hydrogens is 216 g/mol. The molecule has 4 heteroatoms. The van der Waals surface area contributed by atoms with Crippen LogP contribution in [0.2, 0.25) is 5.15 Å². The fourth-order valence-corrected chi connectivity index (χ4v) is 3.15. The smallest absolute Gasteiger partial charge is 0.186 e. The number of hydrogen-bond acceptors (Lipinski definition) is 3. The van der Waals surface area contributed by atoms with E-state index in [1.54, 1.807) is 11.3 Å². The van der Waals surface area contributed by atoms with Gasteiger partial charge in [-0.1, -0.05) is 18.5 Å². The zero-order valence-electron chi connectivity index (χ0n) is 8.53. The minimum absolute atomic E-state index is 0.598. The summed E-state index contributed by atoms with van der Waals surface area (Å²) in [6.45, 7) is 5.71. The van der Waals surface area contributed by atoms with Gasteiger partial charge in [-0.3, -0.25) is 0 Å². The SMILES string of the molecule is CC1CCN(c2nc(Cl)cs2)C(C)C1. The normalized spacial score (nSPS) is 28.1. The number of aromatic nitrogens is 1. The third-order valence-corrected chi connectivity index (χ3v) is 4.05. The third-order valence-electron chi connectivity index (χ3n) is 2.85. The maximum Gasteiger partial charge on any atom is 0.186 e. The largest absolute Gasteiger partial charge is 0.345 e. The predicted octanol–water partition coefficient (Wildman–Crippen LogP) is 3.42. The Labute approximate surface area is 93.9 Å². The Morgan fingerprint density at radius 1 is 1.57 bits per heavy atom. The van der Waals surface area contributed by atoms with Gasteiger partial charge >= 0.3 is 0 Å². The molecule has 1 aliphatic heterocycles. The number of thiazole rings is 1. The Morgan fingerprint density at radius 3 is 2.93 bits per heavy atom. The molecule has 0 saturated carbocycles. The Balaban J connectivity index is 2.11. The van der Waals surface area contributed by atoms with Crippen LogP contribution in [0.5, 0.6) is 0 Å². The van der Waals surface area contributed by atoms with Crippen molar-refractivity contribution in [2.75, 3.05) is 11.4 Å². The second-order valence-corrected chi connectivity index (χ2v) is 5.35.